The second-order valence-electron chi connectivity index (χ2n) is 7.57. The van der Waals surface area contributed by atoms with Gasteiger partial charge in [0, 0.05) is 18.1 Å². The van der Waals surface area contributed by atoms with Crippen molar-refractivity contribution < 1.29 is 19.1 Å². The molecule has 0 aromatic carbocycles. The topological polar surface area (TPSA) is 76.7 Å². The first kappa shape index (κ1) is 18.0. The lowest BCUT2D eigenvalue weighted by Gasteiger charge is -2.28. The molecule has 2 aliphatic carbocycles. The summed E-state index contributed by atoms with van der Waals surface area (Å²) < 4.78 is 10.4. The quantitative estimate of drug-likeness (QED) is 0.759. The molecule has 4 atom stereocenters. The van der Waals surface area contributed by atoms with Crippen molar-refractivity contribution in [3.05, 3.63) is 0 Å². The van der Waals surface area contributed by atoms with Crippen molar-refractivity contribution in [2.75, 3.05) is 6.61 Å². The monoisotopic (exact) mass is 326 g/mol. The van der Waals surface area contributed by atoms with Crippen LogP contribution in [-0.4, -0.2) is 42.4 Å². The SMILES string of the molecule is CCOC(=O)C1CCCC(NC2CC2NC(=O)OC(C)(C)C)C1. The second-order valence-corrected chi connectivity index (χ2v) is 7.57. The number of esters is 1. The highest BCUT2D eigenvalue weighted by Gasteiger charge is 2.41. The molecule has 4 unspecified atom stereocenters. The average molecular weight is 326 g/mol. The van der Waals surface area contributed by atoms with E-state index in [9.17, 15) is 9.59 Å². The summed E-state index contributed by atoms with van der Waals surface area (Å²) in [6, 6.07) is 0.745. The van der Waals surface area contributed by atoms with Crippen molar-refractivity contribution in [2.45, 2.75) is 83.5 Å². The fraction of sp³-hybridized carbons (Fsp3) is 0.882. The van der Waals surface area contributed by atoms with Gasteiger partial charge in [-0.15, -0.1) is 0 Å². The predicted molar refractivity (Wildman–Crippen MR) is 87.1 cm³/mol. The van der Waals surface area contributed by atoms with Gasteiger partial charge in [0.1, 0.15) is 5.60 Å². The molecule has 2 rings (SSSR count). The molecule has 0 aromatic heterocycles. The summed E-state index contributed by atoms with van der Waals surface area (Å²) in [7, 11) is 0. The molecule has 2 fully saturated rings. The highest BCUT2D eigenvalue weighted by Crippen LogP contribution is 2.29. The van der Waals surface area contributed by atoms with Gasteiger partial charge in [-0.25, -0.2) is 4.79 Å². The summed E-state index contributed by atoms with van der Waals surface area (Å²) >= 11 is 0. The molecule has 2 saturated carbocycles. The van der Waals surface area contributed by atoms with Gasteiger partial charge < -0.3 is 20.1 Å². The molecular formula is C17H30N2O4. The van der Waals surface area contributed by atoms with E-state index >= 15 is 0 Å². The van der Waals surface area contributed by atoms with Gasteiger partial charge in [-0.1, -0.05) is 6.42 Å². The number of ether oxygens (including phenoxy) is 2. The molecule has 23 heavy (non-hydrogen) atoms. The van der Waals surface area contributed by atoms with Crippen LogP contribution in [0, 0.1) is 5.92 Å². The Bertz CT molecular complexity index is 433. The zero-order chi connectivity index (χ0) is 17.0. The Balaban J connectivity index is 1.70. The van der Waals surface area contributed by atoms with Gasteiger partial charge in [0.2, 0.25) is 0 Å². The lowest BCUT2D eigenvalue weighted by molar-refractivity contribution is -0.149. The average Bonchev–Trinajstić information content (AvgIpc) is 3.14. The molecule has 132 valence electrons. The molecule has 2 N–H and O–H groups in total. The molecule has 6 heteroatoms. The van der Waals surface area contributed by atoms with Gasteiger partial charge in [-0.05, 0) is 53.4 Å². The smallest absolute Gasteiger partial charge is 0.407 e. The van der Waals surface area contributed by atoms with Gasteiger partial charge in [0.05, 0.1) is 12.5 Å². The molecule has 0 bridgehead atoms. The number of carbonyl (C=O) groups excluding carboxylic acids is 2. The van der Waals surface area contributed by atoms with Crippen LogP contribution in [0.1, 0.15) is 59.8 Å². The van der Waals surface area contributed by atoms with E-state index in [2.05, 4.69) is 10.6 Å². The number of amides is 1. The minimum Gasteiger partial charge on any atom is -0.466 e. The van der Waals surface area contributed by atoms with Crippen LogP contribution in [0.4, 0.5) is 4.79 Å². The third-order valence-corrected chi connectivity index (χ3v) is 4.24. The van der Waals surface area contributed by atoms with Crippen LogP contribution in [0.25, 0.3) is 0 Å². The largest absolute Gasteiger partial charge is 0.466 e. The van der Waals surface area contributed by atoms with E-state index in [1.165, 1.54) is 0 Å². The van der Waals surface area contributed by atoms with Crippen LogP contribution < -0.4 is 10.6 Å². The van der Waals surface area contributed by atoms with Crippen molar-refractivity contribution in [3.63, 3.8) is 0 Å². The summed E-state index contributed by atoms with van der Waals surface area (Å²) in [6.07, 6.45) is 4.42. The van der Waals surface area contributed by atoms with E-state index in [1.807, 2.05) is 27.7 Å². The van der Waals surface area contributed by atoms with E-state index in [0.717, 1.165) is 32.1 Å². The van der Waals surface area contributed by atoms with E-state index < -0.39 is 5.60 Å². The summed E-state index contributed by atoms with van der Waals surface area (Å²) in [5.74, 6) is -0.0598. The number of nitrogens with one attached hydrogen (secondary N) is 2. The van der Waals surface area contributed by atoms with Crippen molar-refractivity contribution >= 4 is 12.1 Å². The van der Waals surface area contributed by atoms with Gasteiger partial charge in [0.25, 0.3) is 0 Å². The van der Waals surface area contributed by atoms with Gasteiger partial charge in [0.15, 0.2) is 0 Å². The Morgan fingerprint density at radius 3 is 2.52 bits per heavy atom. The van der Waals surface area contributed by atoms with Crippen LogP contribution >= 0.6 is 0 Å². The number of hydrogen-bond donors (Lipinski definition) is 2. The first-order chi connectivity index (χ1) is 10.8. The Hall–Kier alpha value is -1.30. The standard InChI is InChI=1S/C17H30N2O4/c1-5-22-15(20)11-7-6-8-12(9-11)18-13-10-14(13)19-16(21)23-17(2,3)4/h11-14,18H,5-10H2,1-4H3,(H,19,21). The van der Waals surface area contributed by atoms with Crippen LogP contribution in [0.15, 0.2) is 0 Å². The Labute approximate surface area is 138 Å². The van der Waals surface area contributed by atoms with E-state index in [1.54, 1.807) is 0 Å². The van der Waals surface area contributed by atoms with E-state index in [0.29, 0.717) is 12.6 Å². The molecule has 0 radical (unpaired) electrons. The predicted octanol–water partition coefficient (Wildman–Crippen LogP) is 2.36. The van der Waals surface area contributed by atoms with Crippen molar-refractivity contribution in [1.82, 2.24) is 10.6 Å². The number of alkyl carbamates (subject to hydrolysis) is 1. The maximum absolute atomic E-state index is 11.9. The lowest BCUT2D eigenvalue weighted by Crippen LogP contribution is -2.42. The summed E-state index contributed by atoms with van der Waals surface area (Å²) in [5, 5.41) is 6.45. The van der Waals surface area contributed by atoms with Crippen molar-refractivity contribution in [3.8, 4) is 0 Å². The molecule has 2 aliphatic rings. The molecule has 0 spiro atoms. The van der Waals surface area contributed by atoms with Crippen LogP contribution in [0.2, 0.25) is 0 Å². The van der Waals surface area contributed by atoms with Crippen molar-refractivity contribution in [2.24, 2.45) is 5.92 Å². The molecule has 1 amide bonds. The Morgan fingerprint density at radius 2 is 1.87 bits per heavy atom. The summed E-state index contributed by atoms with van der Waals surface area (Å²) in [4.78, 5) is 23.6. The fourth-order valence-corrected chi connectivity index (χ4v) is 3.12. The van der Waals surface area contributed by atoms with Gasteiger partial charge in [-0.3, -0.25) is 4.79 Å². The van der Waals surface area contributed by atoms with E-state index in [-0.39, 0.29) is 30.1 Å². The first-order valence-electron chi connectivity index (χ1n) is 8.70. The highest BCUT2D eigenvalue weighted by atomic mass is 16.6. The third-order valence-electron chi connectivity index (χ3n) is 4.24. The second kappa shape index (κ2) is 7.51. The van der Waals surface area contributed by atoms with Crippen LogP contribution in [0.5, 0.6) is 0 Å². The zero-order valence-corrected chi connectivity index (χ0v) is 14.7. The number of carbonyl (C=O) groups is 2. The fourth-order valence-electron chi connectivity index (χ4n) is 3.12. The molecule has 0 saturated heterocycles. The maximum atomic E-state index is 11.9. The number of rotatable bonds is 5. The first-order valence-corrected chi connectivity index (χ1v) is 8.70. The normalized spacial score (nSPS) is 30.4. The summed E-state index contributed by atoms with van der Waals surface area (Å²) in [6.45, 7) is 7.85. The Morgan fingerprint density at radius 1 is 1.13 bits per heavy atom. The summed E-state index contributed by atoms with van der Waals surface area (Å²) in [5.41, 5.74) is -0.474. The molecule has 0 aliphatic heterocycles. The van der Waals surface area contributed by atoms with E-state index in [4.69, 9.17) is 9.47 Å². The molecule has 0 heterocycles. The molecule has 6 nitrogen and oxygen atoms in total. The minimum absolute atomic E-state index is 0.0113. The van der Waals surface area contributed by atoms with Crippen molar-refractivity contribution in [1.29, 1.82) is 0 Å². The van der Waals surface area contributed by atoms with Crippen LogP contribution in [-0.2, 0) is 14.3 Å². The maximum Gasteiger partial charge on any atom is 0.407 e. The Kier molecular flexibility index (Phi) is 5.89. The van der Waals surface area contributed by atoms with Crippen LogP contribution in [0.3, 0.4) is 0 Å². The lowest BCUT2D eigenvalue weighted by atomic mass is 9.85. The molecule has 0 aromatic rings. The highest BCUT2D eigenvalue weighted by molar-refractivity contribution is 5.72. The minimum atomic E-state index is -0.474. The van der Waals surface area contributed by atoms with Gasteiger partial charge in [-0.2, -0.15) is 0 Å². The zero-order valence-electron chi connectivity index (χ0n) is 14.7. The third kappa shape index (κ3) is 6.01. The van der Waals surface area contributed by atoms with Gasteiger partial charge >= 0.3 is 12.1 Å². The molecular weight excluding hydrogens is 296 g/mol. The number of hydrogen-bond acceptors (Lipinski definition) is 5.